The third kappa shape index (κ3) is 4.68. The molecule has 4 rings (SSSR count). The van der Waals surface area contributed by atoms with Crippen LogP contribution < -0.4 is 10.2 Å². The summed E-state index contributed by atoms with van der Waals surface area (Å²) in [5.41, 5.74) is 0.544. The van der Waals surface area contributed by atoms with Crippen LogP contribution in [0.1, 0.15) is 41.5 Å². The van der Waals surface area contributed by atoms with Crippen molar-refractivity contribution >= 4 is 11.6 Å². The Kier molecular flexibility index (Phi) is 6.45. The molecular formula is C25H26N4O5. The Balaban J connectivity index is 1.75. The summed E-state index contributed by atoms with van der Waals surface area (Å²) in [5.74, 6) is 0.585. The number of hydrogen-bond donors (Lipinski definition) is 0. The van der Waals surface area contributed by atoms with E-state index in [0.717, 1.165) is 18.4 Å². The molecule has 9 heteroatoms. The van der Waals surface area contributed by atoms with Gasteiger partial charge in [0.1, 0.15) is 11.4 Å². The van der Waals surface area contributed by atoms with Gasteiger partial charge in [-0.3, -0.25) is 19.7 Å². The standard InChI is InChI=1S/C25H26N4O5/c1-16-14-23(30)24(26-28(16)21-6-4-5-7-22(21)29(32)33)25(31)27(17(2)19-10-11-19)15-18-8-12-20(34-3)13-9-18/h4-9,12-14,17,19H,10-11,15H2,1-3H3. The summed E-state index contributed by atoms with van der Waals surface area (Å²) >= 11 is 0. The van der Waals surface area contributed by atoms with Gasteiger partial charge in [0, 0.05) is 30.4 Å². The van der Waals surface area contributed by atoms with Crippen molar-refractivity contribution in [1.82, 2.24) is 14.7 Å². The molecule has 1 aliphatic rings. The molecule has 0 spiro atoms. The maximum atomic E-state index is 13.7. The molecule has 176 valence electrons. The fourth-order valence-electron chi connectivity index (χ4n) is 4.03. The third-order valence-electron chi connectivity index (χ3n) is 6.19. The Hall–Kier alpha value is -4.01. The van der Waals surface area contributed by atoms with Gasteiger partial charge in [-0.25, -0.2) is 4.68 Å². The zero-order chi connectivity index (χ0) is 24.4. The lowest BCUT2D eigenvalue weighted by Crippen LogP contribution is -2.42. The minimum Gasteiger partial charge on any atom is -0.497 e. The van der Waals surface area contributed by atoms with Crippen molar-refractivity contribution < 1.29 is 14.5 Å². The second-order valence-corrected chi connectivity index (χ2v) is 8.52. The van der Waals surface area contributed by atoms with Crippen LogP contribution in [-0.4, -0.2) is 38.7 Å². The zero-order valence-corrected chi connectivity index (χ0v) is 19.3. The van der Waals surface area contributed by atoms with Crippen LogP contribution in [-0.2, 0) is 6.54 Å². The maximum Gasteiger partial charge on any atom is 0.294 e. The minimum atomic E-state index is -0.514. The van der Waals surface area contributed by atoms with Crippen molar-refractivity contribution in [2.45, 2.75) is 39.3 Å². The first kappa shape index (κ1) is 23.2. The highest BCUT2D eigenvalue weighted by Gasteiger charge is 2.36. The largest absolute Gasteiger partial charge is 0.497 e. The lowest BCUT2D eigenvalue weighted by Gasteiger charge is -2.29. The Morgan fingerprint density at radius 3 is 2.53 bits per heavy atom. The van der Waals surface area contributed by atoms with Crippen molar-refractivity contribution in [2.75, 3.05) is 7.11 Å². The van der Waals surface area contributed by atoms with Crippen molar-refractivity contribution in [3.8, 4) is 11.4 Å². The first-order chi connectivity index (χ1) is 16.3. The Labute approximate surface area is 196 Å². The highest BCUT2D eigenvalue weighted by Crippen LogP contribution is 2.36. The van der Waals surface area contributed by atoms with Crippen molar-refractivity contribution in [3.63, 3.8) is 0 Å². The number of ether oxygens (including phenoxy) is 1. The average Bonchev–Trinajstić information content (AvgIpc) is 3.68. The number of hydrogen-bond acceptors (Lipinski definition) is 6. The molecule has 1 saturated carbocycles. The second kappa shape index (κ2) is 9.46. The number of aromatic nitrogens is 2. The van der Waals surface area contributed by atoms with E-state index in [1.54, 1.807) is 37.1 Å². The predicted octanol–water partition coefficient (Wildman–Crippen LogP) is 3.90. The van der Waals surface area contributed by atoms with E-state index in [0.29, 0.717) is 23.9 Å². The van der Waals surface area contributed by atoms with Gasteiger partial charge >= 0.3 is 0 Å². The number of nitro groups is 1. The van der Waals surface area contributed by atoms with E-state index in [2.05, 4.69) is 5.10 Å². The summed E-state index contributed by atoms with van der Waals surface area (Å²) in [6, 6.07) is 14.7. The van der Waals surface area contributed by atoms with Crippen LogP contribution in [0.2, 0.25) is 0 Å². The van der Waals surface area contributed by atoms with Crippen molar-refractivity contribution in [2.24, 2.45) is 5.92 Å². The number of carbonyl (C=O) groups excluding carboxylic acids is 1. The van der Waals surface area contributed by atoms with Gasteiger partial charge in [0.05, 0.1) is 12.0 Å². The number of methoxy groups -OCH3 is 1. The van der Waals surface area contributed by atoms with Crippen molar-refractivity contribution in [1.29, 1.82) is 0 Å². The first-order valence-corrected chi connectivity index (χ1v) is 11.1. The Bertz CT molecular complexity index is 1280. The van der Waals surface area contributed by atoms with Gasteiger partial charge in [-0.2, -0.15) is 5.10 Å². The quantitative estimate of drug-likeness (QED) is 0.371. The summed E-state index contributed by atoms with van der Waals surface area (Å²) in [6.45, 7) is 3.91. The van der Waals surface area contributed by atoms with Crippen LogP contribution in [0.15, 0.2) is 59.4 Å². The number of para-hydroxylation sites is 2. The minimum absolute atomic E-state index is 0.0865. The molecule has 1 fully saturated rings. The van der Waals surface area contributed by atoms with Crippen molar-refractivity contribution in [3.05, 3.63) is 91.9 Å². The summed E-state index contributed by atoms with van der Waals surface area (Å²) in [7, 11) is 1.59. The van der Waals surface area contributed by atoms with Gasteiger partial charge in [-0.05, 0) is 56.4 Å². The zero-order valence-electron chi connectivity index (χ0n) is 19.3. The van der Waals surface area contributed by atoms with E-state index in [9.17, 15) is 19.7 Å². The summed E-state index contributed by atoms with van der Waals surface area (Å²) in [6.07, 6.45) is 2.05. The Morgan fingerprint density at radius 1 is 1.24 bits per heavy atom. The summed E-state index contributed by atoms with van der Waals surface area (Å²) in [5, 5.41) is 15.9. The van der Waals surface area contributed by atoms with Gasteiger partial charge < -0.3 is 9.64 Å². The van der Waals surface area contributed by atoms with Crippen LogP contribution in [0.4, 0.5) is 5.69 Å². The normalized spacial score (nSPS) is 13.9. The fraction of sp³-hybridized carbons (Fsp3) is 0.320. The number of aryl methyl sites for hydroxylation is 1. The topological polar surface area (TPSA) is 108 Å². The molecule has 1 unspecified atom stereocenters. The molecule has 0 saturated heterocycles. The molecule has 1 atom stereocenters. The van der Waals surface area contributed by atoms with Gasteiger partial charge in [0.25, 0.3) is 11.6 Å². The molecule has 0 bridgehead atoms. The van der Waals surface area contributed by atoms with Crippen LogP contribution >= 0.6 is 0 Å². The second-order valence-electron chi connectivity index (χ2n) is 8.52. The molecule has 1 aliphatic carbocycles. The molecular weight excluding hydrogens is 436 g/mol. The summed E-state index contributed by atoms with van der Waals surface area (Å²) < 4.78 is 6.50. The Morgan fingerprint density at radius 2 is 1.91 bits per heavy atom. The summed E-state index contributed by atoms with van der Waals surface area (Å²) in [4.78, 5) is 39.2. The number of nitro benzene ring substituents is 1. The average molecular weight is 463 g/mol. The lowest BCUT2D eigenvalue weighted by atomic mass is 10.1. The van der Waals surface area contributed by atoms with E-state index in [1.165, 1.54) is 16.8 Å². The SMILES string of the molecule is COc1ccc(CN(C(=O)c2nn(-c3ccccc3[N+](=O)[O-])c(C)cc2=O)C(C)C2CC2)cc1. The molecule has 2 aromatic carbocycles. The molecule has 0 radical (unpaired) electrons. The third-order valence-corrected chi connectivity index (χ3v) is 6.19. The number of carbonyl (C=O) groups is 1. The van der Waals surface area contributed by atoms with E-state index < -0.39 is 16.3 Å². The first-order valence-electron chi connectivity index (χ1n) is 11.1. The van der Waals surface area contributed by atoms with Gasteiger partial charge in [0.15, 0.2) is 5.69 Å². The van der Waals surface area contributed by atoms with Gasteiger partial charge in [-0.15, -0.1) is 0 Å². The monoisotopic (exact) mass is 462 g/mol. The molecule has 9 nitrogen and oxygen atoms in total. The molecule has 1 heterocycles. The number of rotatable bonds is 8. The van der Waals surface area contributed by atoms with Crippen LogP contribution in [0.5, 0.6) is 5.75 Å². The number of nitrogens with zero attached hydrogens (tertiary/aromatic N) is 4. The van der Waals surface area contributed by atoms with Gasteiger partial charge in [0.2, 0.25) is 5.43 Å². The van der Waals surface area contributed by atoms with E-state index in [4.69, 9.17) is 4.74 Å². The smallest absolute Gasteiger partial charge is 0.294 e. The predicted molar refractivity (Wildman–Crippen MR) is 126 cm³/mol. The van der Waals surface area contributed by atoms with Crippen LogP contribution in [0, 0.1) is 23.0 Å². The maximum absolute atomic E-state index is 13.7. The highest BCUT2D eigenvalue weighted by atomic mass is 16.6. The number of benzene rings is 2. The molecule has 1 amide bonds. The molecule has 3 aromatic rings. The van der Waals surface area contributed by atoms with Crippen LogP contribution in [0.3, 0.4) is 0 Å². The van der Waals surface area contributed by atoms with Gasteiger partial charge in [-0.1, -0.05) is 24.3 Å². The molecule has 0 aliphatic heterocycles. The molecule has 0 N–H and O–H groups in total. The number of amides is 1. The van der Waals surface area contributed by atoms with E-state index in [-0.39, 0.29) is 23.1 Å². The van der Waals surface area contributed by atoms with Crippen LogP contribution in [0.25, 0.3) is 5.69 Å². The fourth-order valence-corrected chi connectivity index (χ4v) is 4.03. The lowest BCUT2D eigenvalue weighted by molar-refractivity contribution is -0.384. The molecule has 1 aromatic heterocycles. The van der Waals surface area contributed by atoms with E-state index >= 15 is 0 Å². The highest BCUT2D eigenvalue weighted by molar-refractivity contribution is 5.92. The molecule has 34 heavy (non-hydrogen) atoms. The van der Waals surface area contributed by atoms with E-state index in [1.807, 2.05) is 31.2 Å².